The molecule has 4 aliphatic rings. The predicted molar refractivity (Wildman–Crippen MR) is 113 cm³/mol. The van der Waals surface area contributed by atoms with Crippen LogP contribution < -0.4 is 10.1 Å². The van der Waals surface area contributed by atoms with Crippen LogP contribution in [0.3, 0.4) is 0 Å². The number of nitrogens with zero attached hydrogens (tertiary/aromatic N) is 1. The quantitative estimate of drug-likeness (QED) is 0.271. The second-order valence-electron chi connectivity index (χ2n) is 9.14. The van der Waals surface area contributed by atoms with Crippen LogP contribution in [0.5, 0.6) is 5.75 Å². The number of esters is 1. The van der Waals surface area contributed by atoms with Gasteiger partial charge in [0.05, 0.1) is 24.5 Å². The van der Waals surface area contributed by atoms with Crippen LogP contribution in [0, 0.1) is 27.4 Å². The number of anilines is 1. The molecule has 2 atom stereocenters. The molecule has 0 aliphatic heterocycles. The third kappa shape index (κ3) is 4.31. The Balaban J connectivity index is 1.33. The van der Waals surface area contributed by atoms with E-state index in [2.05, 4.69) is 21.2 Å². The number of halogens is 1. The highest BCUT2D eigenvalue weighted by molar-refractivity contribution is 9.10. The van der Waals surface area contributed by atoms with E-state index in [4.69, 9.17) is 9.47 Å². The van der Waals surface area contributed by atoms with Gasteiger partial charge < -0.3 is 14.8 Å². The Morgan fingerprint density at radius 2 is 1.97 bits per heavy atom. The number of carbonyl (C=O) groups excluding carboxylic acids is 2. The third-order valence-electron chi connectivity index (χ3n) is 6.67. The van der Waals surface area contributed by atoms with Crippen molar-refractivity contribution >= 4 is 39.2 Å². The fourth-order valence-corrected chi connectivity index (χ4v) is 7.64. The zero-order chi connectivity index (χ0) is 21.5. The first kappa shape index (κ1) is 21.1. The predicted octanol–water partition coefficient (Wildman–Crippen LogP) is 4.21. The topological polar surface area (TPSA) is 108 Å². The summed E-state index contributed by atoms with van der Waals surface area (Å²) >= 11 is 3.93. The average Bonchev–Trinajstić information content (AvgIpc) is 2.64. The first-order chi connectivity index (χ1) is 14.2. The molecular weight excluding hydrogens is 456 g/mol. The van der Waals surface area contributed by atoms with Crippen molar-refractivity contribution in [2.24, 2.45) is 17.3 Å². The summed E-state index contributed by atoms with van der Waals surface area (Å²) in [6.07, 6.45) is 7.03. The van der Waals surface area contributed by atoms with E-state index in [0.29, 0.717) is 24.0 Å². The van der Waals surface area contributed by atoms with Gasteiger partial charge in [0.2, 0.25) is 0 Å². The molecule has 1 aromatic carbocycles. The van der Waals surface area contributed by atoms with Gasteiger partial charge in [-0.1, -0.05) is 15.9 Å². The van der Waals surface area contributed by atoms with Gasteiger partial charge >= 0.3 is 5.97 Å². The van der Waals surface area contributed by atoms with Crippen LogP contribution in [0.15, 0.2) is 18.2 Å². The van der Waals surface area contributed by atoms with Crippen LogP contribution in [0.25, 0.3) is 0 Å². The monoisotopic (exact) mass is 480 g/mol. The van der Waals surface area contributed by atoms with Crippen molar-refractivity contribution in [3.8, 4) is 5.75 Å². The number of carbonyl (C=O) groups is 2. The zero-order valence-electron chi connectivity index (χ0n) is 16.8. The lowest BCUT2D eigenvalue weighted by Crippen LogP contribution is -2.53. The summed E-state index contributed by atoms with van der Waals surface area (Å²) in [6.45, 7) is -0.468. The second kappa shape index (κ2) is 7.83. The molecule has 1 N–H and O–H groups in total. The van der Waals surface area contributed by atoms with Gasteiger partial charge in [-0.25, -0.2) is 0 Å². The summed E-state index contributed by atoms with van der Waals surface area (Å²) in [4.78, 5) is 35.3. The highest BCUT2D eigenvalue weighted by Crippen LogP contribution is 2.65. The number of hydrogen-bond acceptors (Lipinski definition) is 6. The molecule has 4 fully saturated rings. The number of ether oxygens (including phenoxy) is 2. The Labute approximate surface area is 183 Å². The number of nitrogens with one attached hydrogen (secondary N) is 1. The lowest BCUT2D eigenvalue weighted by molar-refractivity contribution is -0.384. The van der Waals surface area contributed by atoms with E-state index in [1.165, 1.54) is 44.6 Å². The van der Waals surface area contributed by atoms with E-state index < -0.39 is 17.4 Å². The molecular formula is C21H25BrN2O6. The first-order valence-corrected chi connectivity index (χ1v) is 11.0. The molecule has 30 heavy (non-hydrogen) atoms. The fourth-order valence-electron chi connectivity index (χ4n) is 6.13. The normalized spacial score (nSPS) is 31.3. The number of nitro benzene ring substituents is 1. The lowest BCUT2D eigenvalue weighted by atomic mass is 9.49. The van der Waals surface area contributed by atoms with Crippen molar-refractivity contribution in [1.29, 1.82) is 0 Å². The largest absolute Gasteiger partial charge is 0.496 e. The summed E-state index contributed by atoms with van der Waals surface area (Å²) in [5.74, 6) is 0.646. The fraction of sp³-hybridized carbons (Fsp3) is 0.619. The van der Waals surface area contributed by atoms with Gasteiger partial charge in [-0.05, 0) is 67.9 Å². The van der Waals surface area contributed by atoms with Crippen molar-refractivity contribution in [2.75, 3.05) is 19.0 Å². The first-order valence-electron chi connectivity index (χ1n) is 10.2. The Hall–Kier alpha value is -2.16. The molecule has 4 aliphatic carbocycles. The van der Waals surface area contributed by atoms with Crippen LogP contribution in [-0.2, 0) is 14.3 Å². The Bertz CT molecular complexity index is 874. The Morgan fingerprint density at radius 3 is 2.57 bits per heavy atom. The molecule has 4 bridgehead atoms. The highest BCUT2D eigenvalue weighted by atomic mass is 79.9. The van der Waals surface area contributed by atoms with Gasteiger partial charge in [0, 0.05) is 4.32 Å². The molecule has 9 heteroatoms. The number of rotatable bonds is 7. The molecule has 0 heterocycles. The van der Waals surface area contributed by atoms with Gasteiger partial charge in [0.15, 0.2) is 6.61 Å². The number of amides is 1. The number of alkyl halides is 1. The average molecular weight is 481 g/mol. The molecule has 5 rings (SSSR count). The van der Waals surface area contributed by atoms with Gasteiger partial charge in [-0.15, -0.1) is 0 Å². The number of benzene rings is 1. The third-order valence-corrected chi connectivity index (χ3v) is 7.60. The molecule has 0 unspecified atom stereocenters. The molecule has 8 nitrogen and oxygen atoms in total. The number of methoxy groups -OCH3 is 1. The summed E-state index contributed by atoms with van der Waals surface area (Å²) in [7, 11) is 1.40. The van der Waals surface area contributed by atoms with E-state index in [-0.39, 0.29) is 27.1 Å². The lowest BCUT2D eigenvalue weighted by Gasteiger charge is -2.60. The number of nitro groups is 1. The molecule has 0 radical (unpaired) electrons. The van der Waals surface area contributed by atoms with E-state index in [0.717, 1.165) is 19.3 Å². The molecule has 0 saturated heterocycles. The molecule has 1 aromatic rings. The Kier molecular flexibility index (Phi) is 5.50. The summed E-state index contributed by atoms with van der Waals surface area (Å²) < 4.78 is 10.4. The SMILES string of the molecule is COc1ccc(NC(=O)COC(=O)CC23C[C@H]4C[C@@H](CC(Br)(C4)C2)C3)c([N+](=O)[O-])c1. The van der Waals surface area contributed by atoms with Crippen molar-refractivity contribution in [2.45, 2.75) is 49.3 Å². The van der Waals surface area contributed by atoms with E-state index in [1.54, 1.807) is 0 Å². The van der Waals surface area contributed by atoms with E-state index in [9.17, 15) is 19.7 Å². The molecule has 4 saturated carbocycles. The number of hydrogen-bond donors (Lipinski definition) is 1. The van der Waals surface area contributed by atoms with Crippen LogP contribution in [0.1, 0.15) is 44.9 Å². The summed E-state index contributed by atoms with van der Waals surface area (Å²) in [6, 6.07) is 4.13. The minimum atomic E-state index is -0.612. The van der Waals surface area contributed by atoms with Crippen molar-refractivity contribution in [3.63, 3.8) is 0 Å². The van der Waals surface area contributed by atoms with Crippen molar-refractivity contribution in [1.82, 2.24) is 0 Å². The zero-order valence-corrected chi connectivity index (χ0v) is 18.4. The highest BCUT2D eigenvalue weighted by Gasteiger charge is 2.57. The molecule has 1 amide bonds. The van der Waals surface area contributed by atoms with E-state index >= 15 is 0 Å². The smallest absolute Gasteiger partial charge is 0.306 e. The standard InChI is InChI=1S/C21H25BrN2O6/c1-29-15-2-3-16(17(5-15)24(27)28)23-18(25)11-30-19(26)10-20-6-13-4-14(7-20)9-21(22,8-13)12-20/h2-3,5,13-14H,4,6-12H2,1H3,(H,23,25)/t13-,14-,20?,21?/m1/s1. The van der Waals surface area contributed by atoms with Gasteiger partial charge in [-0.3, -0.25) is 19.7 Å². The second-order valence-corrected chi connectivity index (χ2v) is 10.8. The maximum absolute atomic E-state index is 12.5. The van der Waals surface area contributed by atoms with Crippen molar-refractivity contribution in [3.05, 3.63) is 28.3 Å². The maximum atomic E-state index is 12.5. The molecule has 162 valence electrons. The van der Waals surface area contributed by atoms with Gasteiger partial charge in [0.25, 0.3) is 11.6 Å². The van der Waals surface area contributed by atoms with Crippen molar-refractivity contribution < 1.29 is 24.0 Å². The van der Waals surface area contributed by atoms with Gasteiger partial charge in [0.1, 0.15) is 11.4 Å². The van der Waals surface area contributed by atoms with Crippen LogP contribution in [0.2, 0.25) is 0 Å². The summed E-state index contributed by atoms with van der Waals surface area (Å²) in [5, 5.41) is 13.7. The Morgan fingerprint density at radius 1 is 1.27 bits per heavy atom. The maximum Gasteiger partial charge on any atom is 0.306 e. The summed E-state index contributed by atoms with van der Waals surface area (Å²) in [5.41, 5.74) is -0.287. The van der Waals surface area contributed by atoms with Crippen LogP contribution >= 0.6 is 15.9 Å². The molecule has 0 aromatic heterocycles. The van der Waals surface area contributed by atoms with Crippen LogP contribution in [0.4, 0.5) is 11.4 Å². The molecule has 0 spiro atoms. The minimum absolute atomic E-state index is 0.0316. The van der Waals surface area contributed by atoms with Gasteiger partial charge in [-0.2, -0.15) is 0 Å². The minimum Gasteiger partial charge on any atom is -0.496 e. The van der Waals surface area contributed by atoms with Crippen LogP contribution in [-0.4, -0.2) is 34.8 Å². The van der Waals surface area contributed by atoms with E-state index in [1.807, 2.05) is 0 Å².